The first-order valence-electron chi connectivity index (χ1n) is 6.60. The largest absolute Gasteiger partial charge is 0.467 e. The summed E-state index contributed by atoms with van der Waals surface area (Å²) in [6.07, 6.45) is 3.66. The molecule has 4 heteroatoms. The molecule has 102 valence electrons. The monoisotopic (exact) mass is 259 g/mol. The Bertz CT molecular complexity index is 508. The van der Waals surface area contributed by atoms with Crippen LogP contribution in [0.4, 0.5) is 5.69 Å². The molecule has 2 aromatic heterocycles. The Morgan fingerprint density at radius 2 is 2.26 bits per heavy atom. The van der Waals surface area contributed by atoms with E-state index in [4.69, 9.17) is 4.42 Å². The van der Waals surface area contributed by atoms with Crippen LogP contribution in [0.3, 0.4) is 0 Å². The molecule has 1 N–H and O–H groups in total. The summed E-state index contributed by atoms with van der Waals surface area (Å²) in [6.45, 7) is 6.67. The fraction of sp³-hybridized carbons (Fsp3) is 0.400. The molecule has 0 saturated heterocycles. The van der Waals surface area contributed by atoms with E-state index in [1.807, 2.05) is 25.3 Å². The maximum absolute atomic E-state index is 5.40. The Morgan fingerprint density at radius 1 is 1.42 bits per heavy atom. The first-order valence-corrected chi connectivity index (χ1v) is 6.60. The van der Waals surface area contributed by atoms with Crippen molar-refractivity contribution in [2.75, 3.05) is 18.5 Å². The average Bonchev–Trinajstić information content (AvgIpc) is 2.90. The lowest BCUT2D eigenvalue weighted by molar-refractivity contribution is 0.507. The SMILES string of the molecule is CCNCc1cnc(C)cc1N(C)Cc1ccco1. The van der Waals surface area contributed by atoms with Crippen molar-refractivity contribution in [1.29, 1.82) is 0 Å². The minimum absolute atomic E-state index is 0.760. The van der Waals surface area contributed by atoms with Gasteiger partial charge in [-0.05, 0) is 31.7 Å². The highest BCUT2D eigenvalue weighted by Gasteiger charge is 2.10. The molecule has 0 atom stereocenters. The highest BCUT2D eigenvalue weighted by molar-refractivity contribution is 5.53. The van der Waals surface area contributed by atoms with E-state index in [-0.39, 0.29) is 0 Å². The van der Waals surface area contributed by atoms with Gasteiger partial charge in [0.25, 0.3) is 0 Å². The highest BCUT2D eigenvalue weighted by atomic mass is 16.3. The standard InChI is InChI=1S/C15H21N3O/c1-4-16-9-13-10-17-12(2)8-15(13)18(3)11-14-6-5-7-19-14/h5-8,10,16H,4,9,11H2,1-3H3. The normalized spacial score (nSPS) is 10.7. The number of anilines is 1. The molecular formula is C15H21N3O. The number of pyridine rings is 1. The van der Waals surface area contributed by atoms with Crippen molar-refractivity contribution in [3.8, 4) is 0 Å². The Morgan fingerprint density at radius 3 is 2.95 bits per heavy atom. The lowest BCUT2D eigenvalue weighted by atomic mass is 10.2. The van der Waals surface area contributed by atoms with Crippen LogP contribution in [0.15, 0.2) is 35.1 Å². The fourth-order valence-corrected chi connectivity index (χ4v) is 2.05. The molecule has 19 heavy (non-hydrogen) atoms. The van der Waals surface area contributed by atoms with Crippen LogP contribution >= 0.6 is 0 Å². The predicted molar refractivity (Wildman–Crippen MR) is 77.2 cm³/mol. The number of nitrogens with one attached hydrogen (secondary N) is 1. The van der Waals surface area contributed by atoms with Crippen molar-refractivity contribution in [2.45, 2.75) is 26.9 Å². The van der Waals surface area contributed by atoms with Crippen LogP contribution in [-0.2, 0) is 13.1 Å². The molecule has 0 fully saturated rings. The van der Waals surface area contributed by atoms with Crippen LogP contribution in [0, 0.1) is 6.92 Å². The van der Waals surface area contributed by atoms with E-state index in [2.05, 4.69) is 35.2 Å². The van der Waals surface area contributed by atoms with Gasteiger partial charge in [0.15, 0.2) is 0 Å². The summed E-state index contributed by atoms with van der Waals surface area (Å²) in [6, 6.07) is 6.03. The van der Waals surface area contributed by atoms with Gasteiger partial charge in [0.05, 0.1) is 12.8 Å². The molecule has 0 spiro atoms. The van der Waals surface area contributed by atoms with E-state index in [9.17, 15) is 0 Å². The Kier molecular flexibility index (Phi) is 4.58. The summed E-state index contributed by atoms with van der Waals surface area (Å²) in [5, 5.41) is 3.35. The van der Waals surface area contributed by atoms with Gasteiger partial charge in [-0.1, -0.05) is 6.92 Å². The number of furan rings is 1. The summed E-state index contributed by atoms with van der Waals surface area (Å²) in [4.78, 5) is 6.58. The second kappa shape index (κ2) is 6.38. The Labute approximate surface area is 114 Å². The zero-order valence-corrected chi connectivity index (χ0v) is 11.8. The van der Waals surface area contributed by atoms with Gasteiger partial charge in [0.1, 0.15) is 5.76 Å². The first-order chi connectivity index (χ1) is 9.20. The molecule has 2 heterocycles. The zero-order valence-electron chi connectivity index (χ0n) is 11.8. The van der Waals surface area contributed by atoms with Crippen molar-refractivity contribution in [3.05, 3.63) is 47.7 Å². The number of aryl methyl sites for hydroxylation is 1. The van der Waals surface area contributed by atoms with Gasteiger partial charge >= 0.3 is 0 Å². The van der Waals surface area contributed by atoms with Crippen LogP contribution in [-0.4, -0.2) is 18.6 Å². The number of nitrogens with zero attached hydrogens (tertiary/aromatic N) is 2. The molecule has 0 unspecified atom stereocenters. The number of hydrogen-bond acceptors (Lipinski definition) is 4. The van der Waals surface area contributed by atoms with Crippen LogP contribution < -0.4 is 10.2 Å². The van der Waals surface area contributed by atoms with Crippen molar-refractivity contribution >= 4 is 5.69 Å². The van der Waals surface area contributed by atoms with Crippen LogP contribution in [0.1, 0.15) is 23.9 Å². The van der Waals surface area contributed by atoms with Crippen molar-refractivity contribution < 1.29 is 4.42 Å². The molecule has 0 radical (unpaired) electrons. The Hall–Kier alpha value is -1.81. The predicted octanol–water partition coefficient (Wildman–Crippen LogP) is 2.73. The minimum atomic E-state index is 0.760. The third-order valence-corrected chi connectivity index (χ3v) is 3.05. The maximum atomic E-state index is 5.40. The van der Waals surface area contributed by atoms with Crippen LogP contribution in [0.2, 0.25) is 0 Å². The second-order valence-electron chi connectivity index (χ2n) is 4.67. The molecule has 0 amide bonds. The molecule has 4 nitrogen and oxygen atoms in total. The lowest BCUT2D eigenvalue weighted by Crippen LogP contribution is -2.21. The number of rotatable bonds is 6. The van der Waals surface area contributed by atoms with Gasteiger partial charge in [-0.3, -0.25) is 4.98 Å². The molecule has 0 aromatic carbocycles. The first kappa shape index (κ1) is 13.6. The molecular weight excluding hydrogens is 238 g/mol. The van der Waals surface area contributed by atoms with Crippen LogP contribution in [0.25, 0.3) is 0 Å². The van der Waals surface area contributed by atoms with E-state index in [0.717, 1.165) is 31.1 Å². The van der Waals surface area contributed by atoms with E-state index in [0.29, 0.717) is 0 Å². The fourth-order valence-electron chi connectivity index (χ4n) is 2.05. The molecule has 0 aliphatic heterocycles. The van der Waals surface area contributed by atoms with Crippen molar-refractivity contribution in [3.63, 3.8) is 0 Å². The highest BCUT2D eigenvalue weighted by Crippen LogP contribution is 2.21. The summed E-state index contributed by atoms with van der Waals surface area (Å²) in [5.74, 6) is 0.964. The van der Waals surface area contributed by atoms with Gasteiger partial charge in [0.2, 0.25) is 0 Å². The van der Waals surface area contributed by atoms with Gasteiger partial charge in [-0.15, -0.1) is 0 Å². The topological polar surface area (TPSA) is 41.3 Å². The van der Waals surface area contributed by atoms with Crippen molar-refractivity contribution in [1.82, 2.24) is 10.3 Å². The molecule has 0 aliphatic carbocycles. The quantitative estimate of drug-likeness (QED) is 0.866. The number of aromatic nitrogens is 1. The van der Waals surface area contributed by atoms with E-state index in [1.54, 1.807) is 6.26 Å². The van der Waals surface area contributed by atoms with Gasteiger partial charge in [-0.25, -0.2) is 0 Å². The third kappa shape index (κ3) is 3.58. The average molecular weight is 259 g/mol. The molecule has 0 bridgehead atoms. The second-order valence-corrected chi connectivity index (χ2v) is 4.67. The maximum Gasteiger partial charge on any atom is 0.123 e. The summed E-state index contributed by atoms with van der Waals surface area (Å²) < 4.78 is 5.40. The van der Waals surface area contributed by atoms with Crippen molar-refractivity contribution in [2.24, 2.45) is 0 Å². The summed E-state index contributed by atoms with van der Waals surface area (Å²) in [5.41, 5.74) is 3.44. The zero-order chi connectivity index (χ0) is 13.7. The molecule has 0 saturated carbocycles. The molecule has 2 rings (SSSR count). The minimum Gasteiger partial charge on any atom is -0.467 e. The van der Waals surface area contributed by atoms with E-state index < -0.39 is 0 Å². The van der Waals surface area contributed by atoms with Crippen LogP contribution in [0.5, 0.6) is 0 Å². The molecule has 2 aromatic rings. The van der Waals surface area contributed by atoms with Gasteiger partial charge in [0, 0.05) is 36.7 Å². The Balaban J connectivity index is 2.18. The smallest absolute Gasteiger partial charge is 0.123 e. The van der Waals surface area contributed by atoms with Gasteiger partial charge < -0.3 is 14.6 Å². The number of hydrogen-bond donors (Lipinski definition) is 1. The molecule has 0 aliphatic rings. The summed E-state index contributed by atoms with van der Waals surface area (Å²) in [7, 11) is 2.08. The summed E-state index contributed by atoms with van der Waals surface area (Å²) >= 11 is 0. The van der Waals surface area contributed by atoms with Gasteiger partial charge in [-0.2, -0.15) is 0 Å². The third-order valence-electron chi connectivity index (χ3n) is 3.05. The van der Waals surface area contributed by atoms with E-state index >= 15 is 0 Å². The lowest BCUT2D eigenvalue weighted by Gasteiger charge is -2.22. The van der Waals surface area contributed by atoms with E-state index in [1.165, 1.54) is 11.3 Å².